The van der Waals surface area contributed by atoms with E-state index in [9.17, 15) is 39.9 Å². The summed E-state index contributed by atoms with van der Waals surface area (Å²) in [5.74, 6) is -8.57. The Balaban J connectivity index is 1.97. The standard InChI is InChI=1S/C45H62N2O13/c1-12-14-18-29(13-2)60-46-21-30-35-40(53)33-32(39(30)52)34-42(27(8)38(33)51)59-45(10,43(34)54)57-20-19-31(56-11)24(5)41(58-28(9)48)26(7)37(50)25(6)36(49)22(3)16-15-17-23(4)44(55)47-35/h15-17,19-22,24-26,29,31,36-37,41,49-53H,12-14,18H2,1-11H3,(H,47,55)/b16-15-,20-19-,23-17-,46-21+/t22-,24+,25+,26+,29?,31-,36-,37+,41+,45-/m0/s1. The van der Waals surface area contributed by atoms with Gasteiger partial charge in [0.15, 0.2) is 5.75 Å². The smallest absolute Gasteiger partial charge is 0.312 e. The second kappa shape index (κ2) is 20.0. The summed E-state index contributed by atoms with van der Waals surface area (Å²) in [5, 5.41) is 64.5. The molecule has 3 aliphatic rings. The fourth-order valence-electron chi connectivity index (χ4n) is 7.80. The number of fused-ring (bicyclic) bond motifs is 14. The lowest BCUT2D eigenvalue weighted by Gasteiger charge is -2.38. The van der Waals surface area contributed by atoms with Crippen LogP contribution in [0.25, 0.3) is 10.8 Å². The molecule has 60 heavy (non-hydrogen) atoms. The quantitative estimate of drug-likeness (QED) is 0.0489. The monoisotopic (exact) mass is 838 g/mol. The van der Waals surface area contributed by atoms with Gasteiger partial charge in [0.25, 0.3) is 11.7 Å². The molecule has 1 unspecified atom stereocenters. The van der Waals surface area contributed by atoms with E-state index in [-0.39, 0.29) is 50.6 Å². The molecule has 0 saturated carbocycles. The van der Waals surface area contributed by atoms with Gasteiger partial charge >= 0.3 is 11.8 Å². The molecule has 0 aliphatic carbocycles. The first-order chi connectivity index (χ1) is 28.3. The van der Waals surface area contributed by atoms with Crippen LogP contribution in [-0.4, -0.2) is 92.8 Å². The molecule has 5 rings (SSSR count). The first-order valence-electron chi connectivity index (χ1n) is 20.5. The van der Waals surface area contributed by atoms with Gasteiger partial charge in [-0.3, -0.25) is 14.4 Å². The number of carbonyl (C=O) groups is 3. The summed E-state index contributed by atoms with van der Waals surface area (Å²) in [6.07, 6.45) is 7.53. The Bertz CT molecular complexity index is 2040. The van der Waals surface area contributed by atoms with Crippen molar-refractivity contribution in [2.24, 2.45) is 28.8 Å². The van der Waals surface area contributed by atoms with E-state index in [1.165, 1.54) is 53.2 Å². The van der Waals surface area contributed by atoms with Gasteiger partial charge in [0.2, 0.25) is 0 Å². The largest absolute Gasteiger partial charge is 0.507 e. The number of phenols is 3. The number of anilines is 1. The Kier molecular flexibility index (Phi) is 15.8. The minimum absolute atomic E-state index is 0.0398. The summed E-state index contributed by atoms with van der Waals surface area (Å²) < 4.78 is 23.6. The Morgan fingerprint density at radius 2 is 1.67 bits per heavy atom. The van der Waals surface area contributed by atoms with Crippen LogP contribution in [0.4, 0.5) is 5.69 Å². The average Bonchev–Trinajstić information content (AvgIpc) is 3.48. The number of amides is 1. The zero-order chi connectivity index (χ0) is 44.8. The molecule has 2 aromatic carbocycles. The fraction of sp³-hybridized carbons (Fsp3) is 0.556. The SMILES string of the molecule is CCCCC(CC)O/N=C/c1c2c(O)c3c(O)c(C)c4c(c3c1O)C(=O)[C@@](C)(O/C=C\[C@H](OC)[C@@H](C)[C@@H](OC(C)=O)[C@H](C)[C@H](O)[C@H](C)[C@@H](O)[C@@H](C)/C=C\C=C(\C)C(=O)N2)O4. The van der Waals surface area contributed by atoms with Crippen molar-refractivity contribution in [3.63, 3.8) is 0 Å². The minimum Gasteiger partial charge on any atom is -0.507 e. The maximum Gasteiger partial charge on any atom is 0.312 e. The molecule has 3 heterocycles. The number of carbonyl (C=O) groups excluding carboxylic acids is 3. The Hall–Kier alpha value is -5.12. The number of hydrogen-bond acceptors (Lipinski definition) is 14. The maximum absolute atomic E-state index is 14.4. The van der Waals surface area contributed by atoms with E-state index in [1.54, 1.807) is 39.8 Å². The number of aliphatic hydroxyl groups excluding tert-OH is 2. The van der Waals surface area contributed by atoms with Crippen molar-refractivity contribution in [1.29, 1.82) is 0 Å². The molecular weight excluding hydrogens is 776 g/mol. The number of rotatable bonds is 9. The van der Waals surface area contributed by atoms with E-state index >= 15 is 0 Å². The number of benzene rings is 2. The summed E-state index contributed by atoms with van der Waals surface area (Å²) in [6.45, 7) is 16.5. The number of methoxy groups -OCH3 is 1. The van der Waals surface area contributed by atoms with Gasteiger partial charge in [-0.2, -0.15) is 0 Å². The number of ketones is 1. The highest BCUT2D eigenvalue weighted by Crippen LogP contribution is 2.55. The van der Waals surface area contributed by atoms with Crippen LogP contribution in [0, 0.1) is 30.6 Å². The van der Waals surface area contributed by atoms with Gasteiger partial charge in [0.1, 0.15) is 29.5 Å². The number of ether oxygens (including phenoxy) is 4. The number of phenolic OH excluding ortho intramolecular Hbond substituents is 3. The van der Waals surface area contributed by atoms with Crippen LogP contribution in [0.15, 0.2) is 41.3 Å². The van der Waals surface area contributed by atoms with E-state index in [0.29, 0.717) is 12.8 Å². The lowest BCUT2D eigenvalue weighted by atomic mass is 9.78. The number of aromatic hydroxyl groups is 3. The average molecular weight is 839 g/mol. The highest BCUT2D eigenvalue weighted by atomic mass is 16.7. The predicted octanol–water partition coefficient (Wildman–Crippen LogP) is 7.07. The number of aliphatic hydroxyl groups is 2. The summed E-state index contributed by atoms with van der Waals surface area (Å²) in [4.78, 5) is 46.2. The number of Topliss-reactive ketones (excluding diaryl/α,β-unsaturated/α-hetero) is 1. The number of unbranched alkanes of at least 4 members (excludes halogenated alkanes) is 1. The highest BCUT2D eigenvalue weighted by Gasteiger charge is 2.50. The maximum atomic E-state index is 14.4. The van der Waals surface area contributed by atoms with Crippen molar-refractivity contribution in [3.05, 3.63) is 52.8 Å². The zero-order valence-corrected chi connectivity index (χ0v) is 36.4. The molecule has 6 N–H and O–H groups in total. The Morgan fingerprint density at radius 3 is 2.28 bits per heavy atom. The first kappa shape index (κ1) is 47.6. The lowest BCUT2D eigenvalue weighted by Crippen LogP contribution is -2.46. The van der Waals surface area contributed by atoms with Gasteiger partial charge in [-0.15, -0.1) is 0 Å². The number of oxime groups is 1. The van der Waals surface area contributed by atoms with Gasteiger partial charge in [-0.1, -0.05) is 71.3 Å². The third-order valence-electron chi connectivity index (χ3n) is 11.8. The van der Waals surface area contributed by atoms with Gasteiger partial charge in [-0.25, -0.2) is 0 Å². The predicted molar refractivity (Wildman–Crippen MR) is 226 cm³/mol. The molecule has 0 saturated heterocycles. The third kappa shape index (κ3) is 9.74. The third-order valence-corrected chi connectivity index (χ3v) is 11.8. The molecular formula is C45H62N2O13. The molecule has 10 atom stereocenters. The van der Waals surface area contributed by atoms with Gasteiger partial charge in [-0.05, 0) is 39.2 Å². The van der Waals surface area contributed by atoms with E-state index in [2.05, 4.69) is 17.4 Å². The van der Waals surface area contributed by atoms with Crippen LogP contribution < -0.4 is 10.1 Å². The zero-order valence-electron chi connectivity index (χ0n) is 36.4. The van der Waals surface area contributed by atoms with E-state index < -0.39 is 88.8 Å². The summed E-state index contributed by atoms with van der Waals surface area (Å²) >= 11 is 0. The molecule has 0 radical (unpaired) electrons. The molecule has 15 heteroatoms. The van der Waals surface area contributed by atoms with Crippen LogP contribution in [0.3, 0.4) is 0 Å². The number of esters is 1. The molecule has 0 spiro atoms. The molecule has 5 bridgehead atoms. The van der Waals surface area contributed by atoms with Crippen molar-refractivity contribution in [3.8, 4) is 23.0 Å². The molecule has 3 aliphatic heterocycles. The molecule has 2 aromatic rings. The van der Waals surface area contributed by atoms with Gasteiger partial charge < -0.3 is 54.6 Å². The molecule has 15 nitrogen and oxygen atoms in total. The second-order valence-corrected chi connectivity index (χ2v) is 16.1. The van der Waals surface area contributed by atoms with E-state index in [1.807, 2.05) is 6.92 Å². The Morgan fingerprint density at radius 1 is 0.983 bits per heavy atom. The van der Waals surface area contributed by atoms with Crippen molar-refractivity contribution < 1.29 is 63.7 Å². The Labute approximate surface area is 351 Å². The molecule has 1 amide bonds. The number of nitrogens with one attached hydrogen (secondary N) is 1. The number of nitrogens with zero attached hydrogens (tertiary/aromatic N) is 1. The summed E-state index contributed by atoms with van der Waals surface area (Å²) in [5.41, 5.74) is -0.555. The fourth-order valence-corrected chi connectivity index (χ4v) is 7.80. The van der Waals surface area contributed by atoms with Crippen molar-refractivity contribution >= 4 is 40.3 Å². The van der Waals surface area contributed by atoms with Crippen LogP contribution in [0.1, 0.15) is 109 Å². The van der Waals surface area contributed by atoms with E-state index in [0.717, 1.165) is 19.1 Å². The normalized spacial score (nSPS) is 30.3. The molecule has 330 valence electrons. The summed E-state index contributed by atoms with van der Waals surface area (Å²) in [6, 6.07) is 0. The molecule has 0 fully saturated rings. The number of hydrogen-bond donors (Lipinski definition) is 6. The lowest BCUT2D eigenvalue weighted by molar-refractivity contribution is -0.160. The van der Waals surface area contributed by atoms with Crippen LogP contribution in [-0.2, 0) is 28.6 Å². The van der Waals surface area contributed by atoms with Crippen molar-refractivity contribution in [2.45, 2.75) is 131 Å². The van der Waals surface area contributed by atoms with Gasteiger partial charge in [0, 0.05) is 61.2 Å². The molecule has 0 aromatic heterocycles. The second-order valence-electron chi connectivity index (χ2n) is 16.1. The first-order valence-corrected chi connectivity index (χ1v) is 20.5. The van der Waals surface area contributed by atoms with Gasteiger partial charge in [0.05, 0.1) is 53.0 Å². The highest BCUT2D eigenvalue weighted by molar-refractivity contribution is 6.23. The van der Waals surface area contributed by atoms with Crippen molar-refractivity contribution in [1.82, 2.24) is 0 Å². The van der Waals surface area contributed by atoms with Crippen LogP contribution in [0.2, 0.25) is 0 Å². The minimum atomic E-state index is -2.06. The van der Waals surface area contributed by atoms with Crippen LogP contribution in [0.5, 0.6) is 23.0 Å². The number of allylic oxidation sites excluding steroid dienone is 2. The van der Waals surface area contributed by atoms with Crippen molar-refractivity contribution in [2.75, 3.05) is 12.4 Å². The van der Waals surface area contributed by atoms with E-state index in [4.69, 9.17) is 23.8 Å². The van der Waals surface area contributed by atoms with Crippen LogP contribution >= 0.6 is 0 Å². The summed E-state index contributed by atoms with van der Waals surface area (Å²) in [7, 11) is 1.43. The topological polar surface area (TPSA) is 223 Å².